The van der Waals surface area contributed by atoms with E-state index in [4.69, 9.17) is 22.3 Å². The first-order valence-electron chi connectivity index (χ1n) is 28.1. The molecular weight excluding hydrogens is 1000 g/mol. The standard InChI is InChI=1S/C56H94N12O10/c1-39(71)51(53(77)63-43(37-69)21-19-33-61-55(57)58)67-65-47(35-41-25-29-45(73)30-26-41)49(75)23-17-15-13-11-9-7-5-3-4-6-8-10-12-14-16-18-24-50(76)48(36-42-27-31-46(74)32-28-42)66-68-52(40(2)72)54(78)64-44(38-70)22-20-34-62-56(59)60/h25-32,37-40,43-44,47-48,51-52,65-68,71-74H,3-24,33-36H2,1-2H3,(H,63,77)(H,64,78)(H4,57,58,61)(H4,59,60,62)/t39-,40-,43+,44+,47-,48-,51-,52-/m0/s1. The van der Waals surface area contributed by atoms with Crippen LogP contribution in [0.5, 0.6) is 11.5 Å². The molecule has 0 heterocycles. The van der Waals surface area contributed by atoms with Crippen molar-refractivity contribution in [3.63, 3.8) is 0 Å². The number of phenolic OH excluding ortho intramolecular Hbond substituents is 2. The molecule has 0 aromatic heterocycles. The molecule has 18 N–H and O–H groups in total. The Morgan fingerprint density at radius 2 is 0.782 bits per heavy atom. The molecule has 0 spiro atoms. The Balaban J connectivity index is 1.66. The smallest absolute Gasteiger partial charge is 0.241 e. The molecule has 2 aromatic rings. The Bertz CT molecular complexity index is 1900. The topological polar surface area (TPSA) is 379 Å². The van der Waals surface area contributed by atoms with Crippen molar-refractivity contribution in [3.05, 3.63) is 59.7 Å². The molecule has 22 nitrogen and oxygen atoms in total. The summed E-state index contributed by atoms with van der Waals surface area (Å²) in [6.07, 6.45) is 18.6. The van der Waals surface area contributed by atoms with E-state index in [0.29, 0.717) is 77.0 Å². The Morgan fingerprint density at radius 3 is 1.05 bits per heavy atom. The highest BCUT2D eigenvalue weighted by atomic mass is 16.3. The van der Waals surface area contributed by atoms with E-state index in [0.717, 1.165) is 62.5 Å². The van der Waals surface area contributed by atoms with Gasteiger partial charge in [-0.2, -0.15) is 0 Å². The highest BCUT2D eigenvalue weighted by molar-refractivity contribution is 5.87. The minimum atomic E-state index is -1.16. The Kier molecular flexibility index (Phi) is 35.8. The molecular formula is C56H94N12O10. The van der Waals surface area contributed by atoms with E-state index >= 15 is 0 Å². The molecule has 78 heavy (non-hydrogen) atoms. The van der Waals surface area contributed by atoms with Crippen molar-refractivity contribution in [1.82, 2.24) is 43.0 Å². The van der Waals surface area contributed by atoms with E-state index in [1.54, 1.807) is 48.5 Å². The first-order valence-corrected chi connectivity index (χ1v) is 28.1. The average Bonchev–Trinajstić information content (AvgIpc) is 3.40. The number of aliphatic hydroxyl groups is 2. The number of Topliss-reactive ketones (excluding diaryl/α,β-unsaturated/α-hetero) is 2. The van der Waals surface area contributed by atoms with Gasteiger partial charge < -0.3 is 62.7 Å². The number of aldehydes is 2. The number of hydrogen-bond donors (Lipinski definition) is 16. The summed E-state index contributed by atoms with van der Waals surface area (Å²) in [5, 5.41) is 65.5. The number of carbonyl (C=O) groups excluding carboxylic acids is 6. The fourth-order valence-corrected chi connectivity index (χ4v) is 8.82. The summed E-state index contributed by atoms with van der Waals surface area (Å²) >= 11 is 0. The third kappa shape index (κ3) is 31.4. The van der Waals surface area contributed by atoms with Crippen molar-refractivity contribution >= 4 is 47.9 Å². The van der Waals surface area contributed by atoms with Gasteiger partial charge in [0, 0.05) is 25.9 Å². The van der Waals surface area contributed by atoms with Crippen LogP contribution in [0.15, 0.2) is 48.5 Å². The van der Waals surface area contributed by atoms with Crippen molar-refractivity contribution in [3.8, 4) is 11.5 Å². The van der Waals surface area contributed by atoms with Gasteiger partial charge in [-0.3, -0.25) is 30.0 Å². The number of guanidine groups is 2. The van der Waals surface area contributed by atoms with Crippen LogP contribution in [-0.2, 0) is 41.6 Å². The molecule has 0 aliphatic rings. The molecule has 0 fully saturated rings. The van der Waals surface area contributed by atoms with Crippen LogP contribution in [0.3, 0.4) is 0 Å². The number of nitrogens with one attached hydrogen (secondary N) is 10. The lowest BCUT2D eigenvalue weighted by Gasteiger charge is -2.26. The zero-order valence-corrected chi connectivity index (χ0v) is 46.2. The van der Waals surface area contributed by atoms with Gasteiger partial charge in [0.15, 0.2) is 23.5 Å². The van der Waals surface area contributed by atoms with Crippen LogP contribution >= 0.6 is 0 Å². The molecule has 2 rings (SSSR count). The van der Waals surface area contributed by atoms with Crippen LogP contribution in [0, 0.1) is 10.8 Å². The Morgan fingerprint density at radius 1 is 0.487 bits per heavy atom. The normalized spacial score (nSPS) is 14.4. The first-order chi connectivity index (χ1) is 37.4. The van der Waals surface area contributed by atoms with Gasteiger partial charge in [-0.15, -0.1) is 0 Å². The predicted molar refractivity (Wildman–Crippen MR) is 302 cm³/mol. The monoisotopic (exact) mass is 1090 g/mol. The lowest BCUT2D eigenvalue weighted by Crippen LogP contribution is -2.60. The number of phenols is 2. The third-order valence-corrected chi connectivity index (χ3v) is 13.5. The SMILES string of the molecule is C[C@H](O)[C@H](NN[C@@H](Cc1ccc(O)cc1)C(=O)CCCCCCCCCCCCCCCCCCC(=O)[C@H](Cc1ccc(O)cc1)NN[C@H](C(=O)N[C@@H](C=O)CCCNC(=N)N)[C@H](C)O)C(=O)N[C@@H](C=O)CCCNC(=N)N. The zero-order valence-electron chi connectivity index (χ0n) is 46.2. The summed E-state index contributed by atoms with van der Waals surface area (Å²) in [5.74, 6) is -1.51. The molecule has 2 aromatic carbocycles. The Hall–Kier alpha value is -6.04. The third-order valence-electron chi connectivity index (χ3n) is 13.5. The maximum atomic E-state index is 13.5. The van der Waals surface area contributed by atoms with Crippen molar-refractivity contribution < 1.29 is 49.2 Å². The van der Waals surface area contributed by atoms with Crippen LogP contribution in [0.1, 0.15) is 166 Å². The molecule has 2 amide bonds. The van der Waals surface area contributed by atoms with Gasteiger partial charge in [0.1, 0.15) is 36.2 Å². The summed E-state index contributed by atoms with van der Waals surface area (Å²) in [7, 11) is 0. The number of carbonyl (C=O) groups is 6. The molecule has 0 saturated carbocycles. The minimum absolute atomic E-state index is 0.0529. The van der Waals surface area contributed by atoms with Gasteiger partial charge in [-0.05, 0) is 101 Å². The van der Waals surface area contributed by atoms with Gasteiger partial charge >= 0.3 is 0 Å². The number of ketones is 2. The molecule has 438 valence electrons. The minimum Gasteiger partial charge on any atom is -0.508 e. The first kappa shape index (κ1) is 68.1. The van der Waals surface area contributed by atoms with Crippen LogP contribution < -0.4 is 54.4 Å². The molecule has 8 atom stereocenters. The Labute approximate surface area is 461 Å². The molecule has 0 saturated heterocycles. The van der Waals surface area contributed by atoms with Gasteiger partial charge in [-0.1, -0.05) is 114 Å². The largest absolute Gasteiger partial charge is 0.508 e. The number of rotatable bonds is 47. The van der Waals surface area contributed by atoms with E-state index in [2.05, 4.69) is 43.0 Å². The van der Waals surface area contributed by atoms with Crippen LogP contribution in [-0.4, -0.2) is 130 Å². The number of hydrogen-bond acceptors (Lipinski definition) is 16. The van der Waals surface area contributed by atoms with Crippen molar-refractivity contribution in [1.29, 1.82) is 10.8 Å². The molecule has 0 aliphatic heterocycles. The highest BCUT2D eigenvalue weighted by Gasteiger charge is 2.30. The second-order valence-corrected chi connectivity index (χ2v) is 20.4. The van der Waals surface area contributed by atoms with Gasteiger partial charge in [0.2, 0.25) is 11.8 Å². The highest BCUT2D eigenvalue weighted by Crippen LogP contribution is 2.18. The van der Waals surface area contributed by atoms with Crippen molar-refractivity contribution in [2.75, 3.05) is 13.1 Å². The number of amides is 2. The molecule has 22 heteroatoms. The quantitative estimate of drug-likeness (QED) is 0.0148. The maximum absolute atomic E-state index is 13.5. The maximum Gasteiger partial charge on any atom is 0.241 e. The van der Waals surface area contributed by atoms with E-state index in [1.165, 1.54) is 52.4 Å². The fraction of sp³-hybridized carbons (Fsp3) is 0.643. The molecule has 0 aliphatic carbocycles. The zero-order chi connectivity index (χ0) is 57.5. The summed E-state index contributed by atoms with van der Waals surface area (Å²) in [4.78, 5) is 76.7. The number of unbranched alkanes of at least 4 members (excludes halogenated alkanes) is 15. The summed E-state index contributed by atoms with van der Waals surface area (Å²) in [6.45, 7) is 3.58. The number of nitrogens with two attached hydrogens (primary N) is 2. The second-order valence-electron chi connectivity index (χ2n) is 20.4. The number of aromatic hydroxyl groups is 2. The van der Waals surface area contributed by atoms with Crippen molar-refractivity contribution in [2.24, 2.45) is 11.5 Å². The van der Waals surface area contributed by atoms with Crippen LogP contribution in [0.25, 0.3) is 0 Å². The van der Waals surface area contributed by atoms with Gasteiger partial charge in [-0.25, -0.2) is 21.7 Å². The van der Waals surface area contributed by atoms with E-state index in [-0.39, 0.29) is 47.8 Å². The number of hydrazine groups is 2. The molecule has 0 radical (unpaired) electrons. The lowest BCUT2D eigenvalue weighted by molar-refractivity contribution is -0.129. The second kappa shape index (κ2) is 41.1. The van der Waals surface area contributed by atoms with E-state index in [9.17, 15) is 49.2 Å². The lowest BCUT2D eigenvalue weighted by atomic mass is 9.98. The van der Waals surface area contributed by atoms with Gasteiger partial charge in [0.05, 0.1) is 36.4 Å². The summed E-state index contributed by atoms with van der Waals surface area (Å²) in [6, 6.07) is 7.66. The molecule has 0 bridgehead atoms. The van der Waals surface area contributed by atoms with Crippen LogP contribution in [0.4, 0.5) is 0 Å². The predicted octanol–water partition coefficient (Wildman–Crippen LogP) is 3.36. The fourth-order valence-electron chi connectivity index (χ4n) is 8.82. The summed E-state index contributed by atoms with van der Waals surface area (Å²) < 4.78 is 0. The summed E-state index contributed by atoms with van der Waals surface area (Å²) in [5.41, 5.74) is 23.8. The molecule has 0 unspecified atom stereocenters. The number of aliphatic hydroxyl groups excluding tert-OH is 2. The van der Waals surface area contributed by atoms with Crippen molar-refractivity contribution in [2.45, 2.75) is 216 Å². The van der Waals surface area contributed by atoms with Crippen LogP contribution in [0.2, 0.25) is 0 Å². The van der Waals surface area contributed by atoms with E-state index in [1.807, 2.05) is 0 Å². The van der Waals surface area contributed by atoms with E-state index < -0.39 is 60.3 Å². The van der Waals surface area contributed by atoms with Gasteiger partial charge in [0.25, 0.3) is 0 Å². The average molecular weight is 1100 g/mol. The number of benzene rings is 2.